The van der Waals surface area contributed by atoms with Crippen molar-refractivity contribution in [1.82, 2.24) is 5.32 Å². The molecule has 0 aromatic heterocycles. The molecule has 0 aromatic rings. The predicted molar refractivity (Wildman–Crippen MR) is 75.8 cm³/mol. The quantitative estimate of drug-likeness (QED) is 0.634. The van der Waals surface area contributed by atoms with Gasteiger partial charge in [0.05, 0.1) is 5.75 Å². The molecule has 0 aromatic carbocycles. The summed E-state index contributed by atoms with van der Waals surface area (Å²) in [5.41, 5.74) is 0. The minimum atomic E-state index is -0.954. The second-order valence-electron chi connectivity index (χ2n) is 5.32. The zero-order valence-electron chi connectivity index (χ0n) is 11.7. The van der Waals surface area contributed by atoms with Crippen molar-refractivity contribution >= 4 is 23.6 Å². The summed E-state index contributed by atoms with van der Waals surface area (Å²) in [6.45, 7) is 8.17. The third-order valence-electron chi connectivity index (χ3n) is 2.41. The summed E-state index contributed by atoms with van der Waals surface area (Å²) in [7, 11) is 0. The molecule has 0 saturated carbocycles. The number of hydrogen-bond donors (Lipinski definition) is 2. The van der Waals surface area contributed by atoms with E-state index in [0.29, 0.717) is 18.1 Å². The maximum absolute atomic E-state index is 11.6. The standard InChI is InChI=1S/C13H25NO3S/c1-9(2)5-6-18-8-12(15)14-11(13(16)17)7-10(3)4/h9-11H,5-8H2,1-4H3,(H,14,15)(H,16,17)/t11-/m0/s1. The van der Waals surface area contributed by atoms with Gasteiger partial charge in [-0.05, 0) is 30.4 Å². The molecule has 0 radical (unpaired) electrons. The fourth-order valence-corrected chi connectivity index (χ4v) is 2.46. The average molecular weight is 275 g/mol. The Labute approximate surface area is 114 Å². The summed E-state index contributed by atoms with van der Waals surface area (Å²) in [4.78, 5) is 22.6. The number of hydrogen-bond acceptors (Lipinski definition) is 3. The second-order valence-corrected chi connectivity index (χ2v) is 6.43. The summed E-state index contributed by atoms with van der Waals surface area (Å²) >= 11 is 1.56. The molecular formula is C13H25NO3S. The molecule has 5 heteroatoms. The van der Waals surface area contributed by atoms with Gasteiger partial charge in [0.2, 0.25) is 5.91 Å². The van der Waals surface area contributed by atoms with Crippen LogP contribution >= 0.6 is 11.8 Å². The Morgan fingerprint density at radius 3 is 2.22 bits per heavy atom. The van der Waals surface area contributed by atoms with Crippen LogP contribution in [0.1, 0.15) is 40.5 Å². The van der Waals surface area contributed by atoms with Crippen molar-refractivity contribution in [2.75, 3.05) is 11.5 Å². The molecule has 0 aliphatic carbocycles. The van der Waals surface area contributed by atoms with Gasteiger partial charge < -0.3 is 10.4 Å². The lowest BCUT2D eigenvalue weighted by atomic mass is 10.0. The van der Waals surface area contributed by atoms with Gasteiger partial charge >= 0.3 is 5.97 Å². The van der Waals surface area contributed by atoms with Gasteiger partial charge in [-0.3, -0.25) is 4.79 Å². The molecule has 18 heavy (non-hydrogen) atoms. The maximum atomic E-state index is 11.6. The third-order valence-corrected chi connectivity index (χ3v) is 3.40. The minimum absolute atomic E-state index is 0.184. The fourth-order valence-electron chi connectivity index (χ4n) is 1.41. The predicted octanol–water partition coefficient (Wildman–Crippen LogP) is 2.38. The van der Waals surface area contributed by atoms with Gasteiger partial charge in [0.15, 0.2) is 0 Å². The average Bonchev–Trinajstić information content (AvgIpc) is 2.22. The van der Waals surface area contributed by atoms with Gasteiger partial charge in [0.1, 0.15) is 6.04 Å². The molecule has 0 unspecified atom stereocenters. The van der Waals surface area contributed by atoms with Crippen molar-refractivity contribution in [3.8, 4) is 0 Å². The monoisotopic (exact) mass is 275 g/mol. The van der Waals surface area contributed by atoms with Crippen LogP contribution in [0.4, 0.5) is 0 Å². The lowest BCUT2D eigenvalue weighted by Gasteiger charge is -2.16. The molecule has 0 fully saturated rings. The van der Waals surface area contributed by atoms with Crippen LogP contribution in [0.3, 0.4) is 0 Å². The first kappa shape index (κ1) is 17.3. The highest BCUT2D eigenvalue weighted by molar-refractivity contribution is 7.99. The van der Waals surface area contributed by atoms with Gasteiger partial charge in [-0.15, -0.1) is 0 Å². The van der Waals surface area contributed by atoms with Crippen LogP contribution in [0.2, 0.25) is 0 Å². The zero-order chi connectivity index (χ0) is 14.1. The first-order valence-corrected chi connectivity index (χ1v) is 7.58. The molecule has 106 valence electrons. The molecule has 0 bridgehead atoms. The number of aliphatic carboxylic acids is 1. The van der Waals surface area contributed by atoms with Crippen LogP contribution in [-0.4, -0.2) is 34.5 Å². The van der Waals surface area contributed by atoms with Crippen molar-refractivity contribution in [2.45, 2.75) is 46.6 Å². The number of carboxylic acids is 1. The van der Waals surface area contributed by atoms with E-state index in [1.807, 2.05) is 13.8 Å². The van der Waals surface area contributed by atoms with Gasteiger partial charge in [-0.1, -0.05) is 27.7 Å². The Morgan fingerprint density at radius 2 is 1.78 bits per heavy atom. The molecule has 4 nitrogen and oxygen atoms in total. The van der Waals surface area contributed by atoms with Crippen LogP contribution in [0.15, 0.2) is 0 Å². The van der Waals surface area contributed by atoms with Crippen molar-refractivity contribution in [1.29, 1.82) is 0 Å². The van der Waals surface area contributed by atoms with Crippen LogP contribution < -0.4 is 5.32 Å². The van der Waals surface area contributed by atoms with Crippen molar-refractivity contribution < 1.29 is 14.7 Å². The Kier molecular flexibility index (Phi) is 8.89. The lowest BCUT2D eigenvalue weighted by molar-refractivity contribution is -0.141. The third kappa shape index (κ3) is 9.33. The van der Waals surface area contributed by atoms with E-state index in [1.165, 1.54) is 0 Å². The number of thioether (sulfide) groups is 1. The summed E-state index contributed by atoms with van der Waals surface area (Å²) in [5.74, 6) is 1.02. The van der Waals surface area contributed by atoms with E-state index in [-0.39, 0.29) is 11.8 Å². The first-order chi connectivity index (χ1) is 8.32. The van der Waals surface area contributed by atoms with E-state index >= 15 is 0 Å². The summed E-state index contributed by atoms with van der Waals surface area (Å²) in [6.07, 6.45) is 1.55. The molecule has 0 aliphatic rings. The summed E-state index contributed by atoms with van der Waals surface area (Å²) in [6, 6.07) is -0.761. The fraction of sp³-hybridized carbons (Fsp3) is 0.846. The Balaban J connectivity index is 3.92. The van der Waals surface area contributed by atoms with Crippen LogP contribution in [0.5, 0.6) is 0 Å². The van der Waals surface area contributed by atoms with Crippen LogP contribution in [-0.2, 0) is 9.59 Å². The summed E-state index contributed by atoms with van der Waals surface area (Å²) in [5, 5.41) is 11.6. The number of rotatable bonds is 9. The highest BCUT2D eigenvalue weighted by Gasteiger charge is 2.20. The van der Waals surface area contributed by atoms with E-state index in [4.69, 9.17) is 5.11 Å². The molecule has 0 saturated heterocycles. The van der Waals surface area contributed by atoms with E-state index in [2.05, 4.69) is 19.2 Å². The molecule has 0 spiro atoms. The number of amides is 1. The minimum Gasteiger partial charge on any atom is -0.480 e. The van der Waals surface area contributed by atoms with Crippen molar-refractivity contribution in [3.63, 3.8) is 0 Å². The SMILES string of the molecule is CC(C)CCSCC(=O)N[C@@H](CC(C)C)C(=O)O. The van der Waals surface area contributed by atoms with Gasteiger partial charge in [-0.25, -0.2) is 4.79 Å². The van der Waals surface area contributed by atoms with E-state index in [0.717, 1.165) is 12.2 Å². The smallest absolute Gasteiger partial charge is 0.326 e. The van der Waals surface area contributed by atoms with Crippen molar-refractivity contribution in [3.05, 3.63) is 0 Å². The first-order valence-electron chi connectivity index (χ1n) is 6.42. The van der Waals surface area contributed by atoms with Gasteiger partial charge in [0.25, 0.3) is 0 Å². The molecular weight excluding hydrogens is 250 g/mol. The Morgan fingerprint density at radius 1 is 1.17 bits per heavy atom. The molecule has 1 atom stereocenters. The topological polar surface area (TPSA) is 66.4 Å². The van der Waals surface area contributed by atoms with Crippen molar-refractivity contribution in [2.24, 2.45) is 11.8 Å². The second kappa shape index (κ2) is 9.25. The van der Waals surface area contributed by atoms with E-state index in [1.54, 1.807) is 11.8 Å². The summed E-state index contributed by atoms with van der Waals surface area (Å²) < 4.78 is 0. The lowest BCUT2D eigenvalue weighted by Crippen LogP contribution is -2.42. The number of carbonyl (C=O) groups is 2. The molecule has 0 rings (SSSR count). The molecule has 1 amide bonds. The van der Waals surface area contributed by atoms with Crippen LogP contribution in [0.25, 0.3) is 0 Å². The van der Waals surface area contributed by atoms with Crippen LogP contribution in [0, 0.1) is 11.8 Å². The molecule has 0 heterocycles. The highest BCUT2D eigenvalue weighted by atomic mass is 32.2. The normalized spacial score (nSPS) is 12.8. The largest absolute Gasteiger partial charge is 0.480 e. The van der Waals surface area contributed by atoms with E-state index < -0.39 is 12.0 Å². The highest BCUT2D eigenvalue weighted by Crippen LogP contribution is 2.09. The Bertz CT molecular complexity index is 267. The molecule has 0 aliphatic heterocycles. The number of carbonyl (C=O) groups excluding carboxylic acids is 1. The van der Waals surface area contributed by atoms with Gasteiger partial charge in [-0.2, -0.15) is 11.8 Å². The number of carboxylic acid groups (broad SMARTS) is 1. The van der Waals surface area contributed by atoms with E-state index in [9.17, 15) is 9.59 Å². The zero-order valence-corrected chi connectivity index (χ0v) is 12.5. The number of nitrogens with one attached hydrogen (secondary N) is 1. The van der Waals surface area contributed by atoms with Gasteiger partial charge in [0, 0.05) is 0 Å². The maximum Gasteiger partial charge on any atom is 0.326 e. The Hall–Kier alpha value is -0.710. The molecule has 2 N–H and O–H groups in total.